The number of imidazole rings is 1. The highest BCUT2D eigenvalue weighted by atomic mass is 35.5. The Morgan fingerprint density at radius 3 is 2.32 bits per heavy atom. The molecule has 0 radical (unpaired) electrons. The summed E-state index contributed by atoms with van der Waals surface area (Å²) in [6.07, 6.45) is -3.52. The number of benzene rings is 1. The number of halogens is 5. The molecule has 1 aromatic carbocycles. The van der Waals surface area contributed by atoms with Crippen LogP contribution in [0.15, 0.2) is 18.5 Å². The Labute approximate surface area is 151 Å². The van der Waals surface area contributed by atoms with Crippen molar-refractivity contribution in [3.63, 3.8) is 0 Å². The predicted molar refractivity (Wildman–Crippen MR) is 85.9 cm³/mol. The summed E-state index contributed by atoms with van der Waals surface area (Å²) in [4.78, 5) is 15.9. The molecule has 0 saturated heterocycles. The van der Waals surface area contributed by atoms with Crippen molar-refractivity contribution in [2.45, 2.75) is 26.1 Å². The molecule has 0 fully saturated rings. The number of carbonyl (C=O) groups excluding carboxylic acids is 1. The smallest absolute Gasteiger partial charge is 0.348 e. The van der Waals surface area contributed by atoms with Crippen molar-refractivity contribution in [3.8, 4) is 11.8 Å². The lowest BCUT2D eigenvalue weighted by molar-refractivity contribution is -0.137. The first kappa shape index (κ1) is 19.1. The van der Waals surface area contributed by atoms with Gasteiger partial charge in [-0.15, -0.1) is 0 Å². The number of rotatable bonds is 3. The molecule has 5 nitrogen and oxygen atoms in total. The van der Waals surface area contributed by atoms with E-state index in [2.05, 4.69) is 10.3 Å². The van der Waals surface area contributed by atoms with E-state index in [1.807, 2.05) is 0 Å². The molecule has 0 bridgehead atoms. The number of nitrogens with one attached hydrogen (secondary N) is 1. The molecule has 132 valence electrons. The van der Waals surface area contributed by atoms with Crippen LogP contribution in [0.3, 0.4) is 0 Å². The molecular formula is C15H11Cl2F3N4O. The fourth-order valence-corrected chi connectivity index (χ4v) is 2.75. The molecule has 2 aromatic rings. The topological polar surface area (TPSA) is 70.7 Å². The monoisotopic (exact) mass is 390 g/mol. The number of amides is 1. The summed E-state index contributed by atoms with van der Waals surface area (Å²) in [7, 11) is 0. The Bertz CT molecular complexity index is 846. The Kier molecular flexibility index (Phi) is 5.30. The van der Waals surface area contributed by atoms with Gasteiger partial charge in [0.15, 0.2) is 11.4 Å². The average Bonchev–Trinajstić information content (AvgIpc) is 2.88. The lowest BCUT2D eigenvalue weighted by atomic mass is 10.2. The molecule has 10 heteroatoms. The average molecular weight is 391 g/mol. The van der Waals surface area contributed by atoms with Crippen molar-refractivity contribution in [3.05, 3.63) is 45.5 Å². The maximum Gasteiger partial charge on any atom is 0.416 e. The van der Waals surface area contributed by atoms with E-state index < -0.39 is 17.6 Å². The van der Waals surface area contributed by atoms with Gasteiger partial charge in [-0.25, -0.2) is 4.98 Å². The zero-order chi connectivity index (χ0) is 18.9. The molecular weight excluding hydrogens is 380 g/mol. The molecule has 0 aliphatic carbocycles. The molecule has 2 rings (SSSR count). The van der Waals surface area contributed by atoms with E-state index in [1.54, 1.807) is 19.9 Å². The van der Waals surface area contributed by atoms with Gasteiger partial charge in [0.2, 0.25) is 0 Å². The van der Waals surface area contributed by atoms with Crippen LogP contribution in [-0.2, 0) is 6.18 Å². The molecule has 1 amide bonds. The van der Waals surface area contributed by atoms with Crippen LogP contribution in [0.2, 0.25) is 10.0 Å². The second-order valence-corrected chi connectivity index (χ2v) is 6.15. The van der Waals surface area contributed by atoms with Crippen molar-refractivity contribution in [2.75, 3.05) is 0 Å². The van der Waals surface area contributed by atoms with Crippen molar-refractivity contribution in [1.82, 2.24) is 14.9 Å². The third-order valence-electron chi connectivity index (χ3n) is 3.09. The van der Waals surface area contributed by atoms with Gasteiger partial charge < -0.3 is 5.32 Å². The van der Waals surface area contributed by atoms with E-state index >= 15 is 0 Å². The van der Waals surface area contributed by atoms with Crippen molar-refractivity contribution >= 4 is 29.1 Å². The lowest BCUT2D eigenvalue weighted by Crippen LogP contribution is -2.31. The zero-order valence-corrected chi connectivity index (χ0v) is 14.5. The molecule has 0 unspecified atom stereocenters. The van der Waals surface area contributed by atoms with Crippen LogP contribution in [0.4, 0.5) is 13.2 Å². The molecule has 0 atom stereocenters. The molecule has 0 spiro atoms. The fraction of sp³-hybridized carbons (Fsp3) is 0.267. The van der Waals surface area contributed by atoms with Crippen LogP contribution in [-0.4, -0.2) is 21.5 Å². The van der Waals surface area contributed by atoms with Crippen LogP contribution in [0.1, 0.15) is 35.6 Å². The number of aromatic nitrogens is 2. The minimum atomic E-state index is -4.62. The number of nitrogens with zero attached hydrogens (tertiary/aromatic N) is 3. The number of carbonyl (C=O) groups is 1. The lowest BCUT2D eigenvalue weighted by Gasteiger charge is -2.13. The molecule has 1 N–H and O–H groups in total. The summed E-state index contributed by atoms with van der Waals surface area (Å²) in [6.45, 7) is 3.45. The van der Waals surface area contributed by atoms with Crippen LogP contribution >= 0.6 is 23.2 Å². The van der Waals surface area contributed by atoms with Crippen molar-refractivity contribution in [2.24, 2.45) is 0 Å². The molecule has 0 aliphatic rings. The van der Waals surface area contributed by atoms with Crippen LogP contribution < -0.4 is 5.32 Å². The summed E-state index contributed by atoms with van der Waals surface area (Å²) in [5.41, 5.74) is -1.46. The summed E-state index contributed by atoms with van der Waals surface area (Å²) in [5, 5.41) is 11.3. The molecule has 0 saturated carbocycles. The summed E-state index contributed by atoms with van der Waals surface area (Å²) in [6, 6.07) is 2.99. The van der Waals surface area contributed by atoms with Gasteiger partial charge in [-0.3, -0.25) is 9.36 Å². The largest absolute Gasteiger partial charge is 0.416 e. The predicted octanol–water partition coefficient (Wildman–Crippen LogP) is 4.21. The first-order chi connectivity index (χ1) is 11.6. The first-order valence-electron chi connectivity index (χ1n) is 6.91. The normalized spacial score (nSPS) is 11.5. The number of alkyl halides is 3. The Balaban J connectivity index is 2.59. The van der Waals surface area contributed by atoms with Gasteiger partial charge in [0.1, 0.15) is 12.4 Å². The van der Waals surface area contributed by atoms with Crippen LogP contribution in [0, 0.1) is 11.3 Å². The number of hydrogen-bond donors (Lipinski definition) is 1. The van der Waals surface area contributed by atoms with Gasteiger partial charge in [-0.2, -0.15) is 18.4 Å². The Morgan fingerprint density at radius 1 is 1.32 bits per heavy atom. The van der Waals surface area contributed by atoms with Gasteiger partial charge in [-0.1, -0.05) is 23.2 Å². The molecule has 25 heavy (non-hydrogen) atoms. The maximum atomic E-state index is 12.8. The zero-order valence-electron chi connectivity index (χ0n) is 12.9. The standard InChI is InChI=1S/C15H11Cl2F3N4O/c1-7(2)23-14(25)12-11(5-21)24(6-22-12)13-9(16)3-8(4-10(13)17)15(18,19)20/h3-4,6-7H,1-2H3,(H,23,25). The highest BCUT2D eigenvalue weighted by Gasteiger charge is 2.32. The highest BCUT2D eigenvalue weighted by Crippen LogP contribution is 2.38. The van der Waals surface area contributed by atoms with Gasteiger partial charge >= 0.3 is 6.18 Å². The quantitative estimate of drug-likeness (QED) is 0.852. The fourth-order valence-electron chi connectivity index (χ4n) is 2.08. The van der Waals surface area contributed by atoms with E-state index in [-0.39, 0.29) is 33.2 Å². The minimum absolute atomic E-state index is 0.0658. The Hall–Kier alpha value is -2.24. The number of nitriles is 1. The van der Waals surface area contributed by atoms with Gasteiger partial charge in [0.05, 0.1) is 21.3 Å². The molecule has 1 aromatic heterocycles. The summed E-state index contributed by atoms with van der Waals surface area (Å²) >= 11 is 11.9. The maximum absolute atomic E-state index is 12.8. The summed E-state index contributed by atoms with van der Waals surface area (Å²) in [5.74, 6) is -0.593. The molecule has 1 heterocycles. The second kappa shape index (κ2) is 6.94. The molecule has 0 aliphatic heterocycles. The number of hydrogen-bond acceptors (Lipinski definition) is 3. The van der Waals surface area contributed by atoms with Crippen LogP contribution in [0.25, 0.3) is 5.69 Å². The highest BCUT2D eigenvalue weighted by molar-refractivity contribution is 6.38. The van der Waals surface area contributed by atoms with Gasteiger partial charge in [0.25, 0.3) is 5.91 Å². The van der Waals surface area contributed by atoms with Crippen molar-refractivity contribution in [1.29, 1.82) is 5.26 Å². The van der Waals surface area contributed by atoms with E-state index in [9.17, 15) is 23.2 Å². The van der Waals surface area contributed by atoms with E-state index in [1.165, 1.54) is 0 Å². The van der Waals surface area contributed by atoms with E-state index in [0.29, 0.717) is 12.1 Å². The minimum Gasteiger partial charge on any atom is -0.348 e. The van der Waals surface area contributed by atoms with Gasteiger partial charge in [0, 0.05) is 6.04 Å². The second-order valence-electron chi connectivity index (χ2n) is 5.34. The third kappa shape index (κ3) is 3.89. The summed E-state index contributed by atoms with van der Waals surface area (Å²) < 4.78 is 39.5. The van der Waals surface area contributed by atoms with E-state index in [4.69, 9.17) is 23.2 Å². The van der Waals surface area contributed by atoms with Crippen LogP contribution in [0.5, 0.6) is 0 Å². The van der Waals surface area contributed by atoms with Gasteiger partial charge in [-0.05, 0) is 26.0 Å². The van der Waals surface area contributed by atoms with E-state index in [0.717, 1.165) is 10.9 Å². The SMILES string of the molecule is CC(C)NC(=O)c1ncn(-c2c(Cl)cc(C(F)(F)F)cc2Cl)c1C#N. The first-order valence-corrected chi connectivity index (χ1v) is 7.66. The Morgan fingerprint density at radius 2 is 1.88 bits per heavy atom. The van der Waals surface area contributed by atoms with Crippen molar-refractivity contribution < 1.29 is 18.0 Å². The third-order valence-corrected chi connectivity index (χ3v) is 3.67.